The van der Waals surface area contributed by atoms with E-state index in [1.807, 2.05) is 155 Å². The summed E-state index contributed by atoms with van der Waals surface area (Å²) in [5.74, 6) is 0. The second kappa shape index (κ2) is 13.4. The van der Waals surface area contributed by atoms with Crippen molar-refractivity contribution < 1.29 is 13.2 Å². The Kier molecular flexibility index (Phi) is 8.00. The van der Waals surface area contributed by atoms with Crippen LogP contribution in [0.15, 0.2) is 176 Å². The normalized spacial score (nSPS) is 11.7. The van der Waals surface area contributed by atoms with E-state index in [1.54, 1.807) is 12.1 Å². The molecule has 0 amide bonds. The predicted molar refractivity (Wildman–Crippen MR) is 226 cm³/mol. The highest BCUT2D eigenvalue weighted by atomic mass is 19.4. The third-order valence-electron chi connectivity index (χ3n) is 11.0. The molecule has 2 aromatic heterocycles. The van der Waals surface area contributed by atoms with Crippen LogP contribution < -0.4 is 0 Å². The third-order valence-corrected chi connectivity index (χ3v) is 11.0. The first-order valence-corrected chi connectivity index (χ1v) is 18.7. The molecule has 0 N–H and O–H groups in total. The molecule has 4 nitrogen and oxygen atoms in total. The van der Waals surface area contributed by atoms with Crippen LogP contribution in [0.4, 0.5) is 13.2 Å². The second-order valence-electron chi connectivity index (χ2n) is 14.2. The van der Waals surface area contributed by atoms with Crippen LogP contribution in [0.3, 0.4) is 0 Å². The highest BCUT2D eigenvalue weighted by Crippen LogP contribution is 2.48. The van der Waals surface area contributed by atoms with Gasteiger partial charge in [-0.25, -0.2) is 0 Å². The van der Waals surface area contributed by atoms with Crippen LogP contribution in [0.5, 0.6) is 0 Å². The molecule has 58 heavy (non-hydrogen) atoms. The zero-order valence-electron chi connectivity index (χ0n) is 30.7. The fourth-order valence-corrected chi connectivity index (χ4v) is 8.52. The molecule has 0 saturated heterocycles. The molecule has 0 aliphatic rings. The number of hydrogen-bond acceptors (Lipinski definition) is 2. The van der Waals surface area contributed by atoms with Crippen LogP contribution in [0.1, 0.15) is 16.7 Å². The number of alkyl halides is 3. The highest BCUT2D eigenvalue weighted by molar-refractivity contribution is 6.13. The van der Waals surface area contributed by atoms with Crippen molar-refractivity contribution in [3.63, 3.8) is 0 Å². The van der Waals surface area contributed by atoms with E-state index in [1.165, 1.54) is 12.1 Å². The van der Waals surface area contributed by atoms with Gasteiger partial charge >= 0.3 is 6.18 Å². The first-order chi connectivity index (χ1) is 28.3. The molecule has 0 spiro atoms. The molecule has 274 valence electrons. The van der Waals surface area contributed by atoms with Gasteiger partial charge in [-0.1, -0.05) is 127 Å². The van der Waals surface area contributed by atoms with Crippen molar-refractivity contribution in [3.8, 4) is 56.9 Å². The van der Waals surface area contributed by atoms with Crippen LogP contribution in [0.25, 0.3) is 88.4 Å². The molecule has 0 atom stereocenters. The summed E-state index contributed by atoms with van der Waals surface area (Å²) in [7, 11) is 0. The van der Waals surface area contributed by atoms with Crippen molar-refractivity contribution in [1.82, 2.24) is 9.13 Å². The molecule has 0 fully saturated rings. The first-order valence-electron chi connectivity index (χ1n) is 18.7. The fourth-order valence-electron chi connectivity index (χ4n) is 8.52. The smallest absolute Gasteiger partial charge is 0.308 e. The standard InChI is InChI=1S/C51H29F3N4/c52-51(53,54)42-19-11-16-37(31-56)49(42)50-47(57-43-20-9-7-17-38(43)40-24-22-35(28-45(40)57)33-12-3-1-4-13-33)26-32(30-55)27-48(50)58-44-21-10-8-18-39(44)41-25-23-36(29-46(41)58)34-14-5-2-6-15-34/h1-29H. The molecule has 0 saturated carbocycles. The number of rotatable bonds is 5. The number of fused-ring (bicyclic) bond motifs is 6. The summed E-state index contributed by atoms with van der Waals surface area (Å²) in [5, 5.41) is 25.0. The summed E-state index contributed by atoms with van der Waals surface area (Å²) in [6.07, 6.45) is -4.83. The Morgan fingerprint density at radius 3 is 1.33 bits per heavy atom. The maximum atomic E-state index is 15.5. The second-order valence-corrected chi connectivity index (χ2v) is 14.2. The lowest BCUT2D eigenvalue weighted by Gasteiger charge is -2.24. The Morgan fingerprint density at radius 2 is 0.862 bits per heavy atom. The minimum Gasteiger partial charge on any atom is -0.308 e. The zero-order valence-corrected chi connectivity index (χ0v) is 30.7. The van der Waals surface area contributed by atoms with Gasteiger partial charge in [0, 0.05) is 32.7 Å². The molecule has 2 heterocycles. The van der Waals surface area contributed by atoms with Crippen molar-refractivity contribution >= 4 is 43.6 Å². The maximum Gasteiger partial charge on any atom is 0.417 e. The van der Waals surface area contributed by atoms with E-state index >= 15 is 13.2 Å². The van der Waals surface area contributed by atoms with Crippen molar-refractivity contribution in [2.24, 2.45) is 0 Å². The Morgan fingerprint density at radius 1 is 0.397 bits per heavy atom. The van der Waals surface area contributed by atoms with Crippen LogP contribution in [-0.2, 0) is 6.18 Å². The summed E-state index contributed by atoms with van der Waals surface area (Å²) >= 11 is 0. The molecule has 8 aromatic carbocycles. The summed E-state index contributed by atoms with van der Waals surface area (Å²) in [4.78, 5) is 0. The lowest BCUT2D eigenvalue weighted by atomic mass is 9.90. The van der Waals surface area contributed by atoms with Gasteiger partial charge in [0.1, 0.15) is 0 Å². The van der Waals surface area contributed by atoms with Gasteiger partial charge in [-0.15, -0.1) is 0 Å². The van der Waals surface area contributed by atoms with Crippen LogP contribution >= 0.6 is 0 Å². The summed E-state index contributed by atoms with van der Waals surface area (Å²) in [6, 6.07) is 59.0. The Labute approximate surface area is 331 Å². The number of nitrogens with zero attached hydrogens (tertiary/aromatic N) is 4. The van der Waals surface area contributed by atoms with Gasteiger partial charge in [-0.05, 0) is 70.8 Å². The molecule has 0 aliphatic heterocycles. The van der Waals surface area contributed by atoms with E-state index in [9.17, 15) is 10.5 Å². The zero-order chi connectivity index (χ0) is 39.5. The first kappa shape index (κ1) is 34.6. The average Bonchev–Trinajstić information content (AvgIpc) is 3.78. The molecule has 0 aliphatic carbocycles. The topological polar surface area (TPSA) is 57.4 Å². The van der Waals surface area contributed by atoms with Crippen molar-refractivity contribution in [2.75, 3.05) is 0 Å². The SMILES string of the molecule is N#Cc1cc(-n2c3ccccc3c3ccc(-c4ccccc4)cc32)c(-c2c(C#N)cccc2C(F)(F)F)c(-n2c3ccccc3c3ccc(-c4ccccc4)cc32)c1. The van der Waals surface area contributed by atoms with E-state index in [0.29, 0.717) is 11.4 Å². The summed E-state index contributed by atoms with van der Waals surface area (Å²) in [6.45, 7) is 0. The maximum absolute atomic E-state index is 15.5. The number of nitriles is 2. The van der Waals surface area contributed by atoms with Crippen LogP contribution in [0, 0.1) is 22.7 Å². The molecule has 0 radical (unpaired) electrons. The van der Waals surface area contributed by atoms with E-state index in [-0.39, 0.29) is 22.3 Å². The number of aromatic nitrogens is 2. The van der Waals surface area contributed by atoms with Gasteiger partial charge < -0.3 is 9.13 Å². The molecule has 0 bridgehead atoms. The Balaban J connectivity index is 1.43. The quantitative estimate of drug-likeness (QED) is 0.176. The van der Waals surface area contributed by atoms with Crippen molar-refractivity contribution in [1.29, 1.82) is 10.5 Å². The van der Waals surface area contributed by atoms with E-state index in [0.717, 1.165) is 71.9 Å². The molecular formula is C51H29F3N4. The van der Waals surface area contributed by atoms with Gasteiger partial charge in [-0.2, -0.15) is 23.7 Å². The Bertz CT molecular complexity index is 3160. The molecule has 0 unspecified atom stereocenters. The highest BCUT2D eigenvalue weighted by Gasteiger charge is 2.37. The fraction of sp³-hybridized carbons (Fsp3) is 0.0196. The molecular weight excluding hydrogens is 726 g/mol. The number of hydrogen-bond donors (Lipinski definition) is 0. The lowest BCUT2D eigenvalue weighted by molar-refractivity contribution is -0.137. The Hall–Kier alpha value is -7.87. The van der Waals surface area contributed by atoms with Gasteiger partial charge in [0.15, 0.2) is 0 Å². The average molecular weight is 755 g/mol. The minimum atomic E-state index is -4.83. The third kappa shape index (κ3) is 5.44. The number of halogens is 3. The van der Waals surface area contributed by atoms with Gasteiger partial charge in [0.2, 0.25) is 0 Å². The predicted octanol–water partition coefficient (Wildman–Crippen LogP) is 13.6. The number of para-hydroxylation sites is 2. The van der Waals surface area contributed by atoms with Crippen molar-refractivity contribution in [3.05, 3.63) is 193 Å². The van der Waals surface area contributed by atoms with Gasteiger partial charge in [0.05, 0.1) is 62.3 Å². The van der Waals surface area contributed by atoms with E-state index in [4.69, 9.17) is 0 Å². The van der Waals surface area contributed by atoms with E-state index in [2.05, 4.69) is 12.1 Å². The monoisotopic (exact) mass is 754 g/mol. The van der Waals surface area contributed by atoms with Gasteiger partial charge in [0.25, 0.3) is 0 Å². The summed E-state index contributed by atoms with van der Waals surface area (Å²) in [5.41, 5.74) is 6.47. The molecule has 10 rings (SSSR count). The van der Waals surface area contributed by atoms with Crippen LogP contribution in [0.2, 0.25) is 0 Å². The summed E-state index contributed by atoms with van der Waals surface area (Å²) < 4.78 is 50.3. The van der Waals surface area contributed by atoms with Gasteiger partial charge in [-0.3, -0.25) is 0 Å². The van der Waals surface area contributed by atoms with Crippen molar-refractivity contribution in [2.45, 2.75) is 6.18 Å². The van der Waals surface area contributed by atoms with Crippen LogP contribution in [-0.4, -0.2) is 9.13 Å². The van der Waals surface area contributed by atoms with E-state index < -0.39 is 11.7 Å². The number of benzene rings is 8. The molecule has 10 aromatic rings. The lowest BCUT2D eigenvalue weighted by Crippen LogP contribution is -2.12. The largest absolute Gasteiger partial charge is 0.417 e. The molecule has 7 heteroatoms. The minimum absolute atomic E-state index is 0.140.